The van der Waals surface area contributed by atoms with Gasteiger partial charge >= 0.3 is 5.97 Å². The molecule has 0 amide bonds. The molecular formula is C20H18F2O2. The third-order valence-corrected chi connectivity index (χ3v) is 4.41. The molecule has 2 aromatic rings. The van der Waals surface area contributed by atoms with Gasteiger partial charge in [0.25, 0.3) is 0 Å². The molecule has 124 valence electrons. The molecule has 2 nitrogen and oxygen atoms in total. The predicted octanol–water partition coefficient (Wildman–Crippen LogP) is 5.10. The number of hydrogen-bond donors (Lipinski definition) is 1. The van der Waals surface area contributed by atoms with E-state index in [-0.39, 0.29) is 5.56 Å². The molecule has 1 aliphatic rings. The van der Waals surface area contributed by atoms with Gasteiger partial charge in [0.2, 0.25) is 0 Å². The number of carboxylic acid groups (broad SMARTS) is 1. The highest BCUT2D eigenvalue weighted by atomic mass is 19.1. The zero-order chi connectivity index (χ0) is 17.3. The predicted molar refractivity (Wildman–Crippen MR) is 89.9 cm³/mol. The van der Waals surface area contributed by atoms with Crippen LogP contribution in [0.3, 0.4) is 0 Å². The van der Waals surface area contributed by atoms with Crippen molar-refractivity contribution >= 4 is 17.6 Å². The first-order chi connectivity index (χ1) is 11.5. The molecule has 0 radical (unpaired) electrons. The minimum absolute atomic E-state index is 0.278. The second kappa shape index (κ2) is 6.56. The fraction of sp³-hybridized carbons (Fsp3) is 0.250. The Balaban J connectivity index is 1.99. The number of aromatic carboxylic acids is 1. The monoisotopic (exact) mass is 328 g/mol. The molecule has 4 heteroatoms. The summed E-state index contributed by atoms with van der Waals surface area (Å²) in [6.45, 7) is 2.13. The number of aryl methyl sites for hydroxylation is 1. The van der Waals surface area contributed by atoms with Crippen molar-refractivity contribution in [2.24, 2.45) is 0 Å². The topological polar surface area (TPSA) is 37.3 Å². The van der Waals surface area contributed by atoms with E-state index in [1.54, 1.807) is 6.08 Å². The molecule has 0 aliphatic heterocycles. The summed E-state index contributed by atoms with van der Waals surface area (Å²) in [4.78, 5) is 11.0. The molecule has 24 heavy (non-hydrogen) atoms. The second-order valence-electron chi connectivity index (χ2n) is 6.04. The molecule has 0 atom stereocenters. The number of rotatable bonds is 4. The molecule has 0 unspecified atom stereocenters. The molecule has 2 aromatic carbocycles. The van der Waals surface area contributed by atoms with Gasteiger partial charge in [-0.05, 0) is 53.2 Å². The lowest BCUT2D eigenvalue weighted by Crippen LogP contribution is -2.11. The van der Waals surface area contributed by atoms with E-state index >= 15 is 0 Å². The average molecular weight is 328 g/mol. The van der Waals surface area contributed by atoms with Crippen LogP contribution in [0, 0.1) is 11.6 Å². The third-order valence-electron chi connectivity index (χ3n) is 4.41. The summed E-state index contributed by atoms with van der Waals surface area (Å²) in [6.07, 6.45) is 4.83. The van der Waals surface area contributed by atoms with Gasteiger partial charge < -0.3 is 5.11 Å². The minimum atomic E-state index is -1.57. The average Bonchev–Trinajstić information content (AvgIpc) is 2.55. The Morgan fingerprint density at radius 3 is 2.50 bits per heavy atom. The number of benzene rings is 2. The lowest BCUT2D eigenvalue weighted by atomic mass is 9.87. The van der Waals surface area contributed by atoms with Crippen LogP contribution < -0.4 is 0 Å². The van der Waals surface area contributed by atoms with Crippen LogP contribution in [0.25, 0.3) is 11.6 Å². The summed E-state index contributed by atoms with van der Waals surface area (Å²) < 4.78 is 28.2. The van der Waals surface area contributed by atoms with Crippen molar-refractivity contribution < 1.29 is 18.7 Å². The Labute approximate surface area is 139 Å². The van der Waals surface area contributed by atoms with Crippen LogP contribution in [0.4, 0.5) is 8.78 Å². The maximum atomic E-state index is 14.3. The highest BCUT2D eigenvalue weighted by Gasteiger charge is 2.24. The molecule has 0 spiro atoms. The van der Waals surface area contributed by atoms with Gasteiger partial charge in [-0.3, -0.25) is 0 Å². The zero-order valence-electron chi connectivity index (χ0n) is 13.4. The van der Waals surface area contributed by atoms with Crippen molar-refractivity contribution in [2.75, 3.05) is 0 Å². The van der Waals surface area contributed by atoms with Crippen LogP contribution in [0.2, 0.25) is 0 Å². The molecule has 1 aliphatic carbocycles. The van der Waals surface area contributed by atoms with Gasteiger partial charge in [-0.1, -0.05) is 43.7 Å². The van der Waals surface area contributed by atoms with E-state index in [0.29, 0.717) is 18.4 Å². The SMILES string of the molecule is CCCc1ccc(C2=Cc3cc(F)c(C(=O)O)c(F)c3CC2)cc1. The van der Waals surface area contributed by atoms with Crippen molar-refractivity contribution in [3.63, 3.8) is 0 Å². The number of fused-ring (bicyclic) bond motifs is 1. The summed E-state index contributed by atoms with van der Waals surface area (Å²) in [5.74, 6) is -3.56. The van der Waals surface area contributed by atoms with Gasteiger partial charge in [0.05, 0.1) is 0 Å². The summed E-state index contributed by atoms with van der Waals surface area (Å²) in [6, 6.07) is 9.32. The van der Waals surface area contributed by atoms with Crippen LogP contribution >= 0.6 is 0 Å². The molecule has 0 saturated heterocycles. The second-order valence-corrected chi connectivity index (χ2v) is 6.04. The molecule has 1 N–H and O–H groups in total. The van der Waals surface area contributed by atoms with Crippen molar-refractivity contribution in [1.82, 2.24) is 0 Å². The highest BCUT2D eigenvalue weighted by Crippen LogP contribution is 2.34. The Hall–Kier alpha value is -2.49. The van der Waals surface area contributed by atoms with E-state index in [1.807, 2.05) is 12.1 Å². The Bertz CT molecular complexity index is 821. The molecule has 3 rings (SSSR count). The number of halogens is 2. The Morgan fingerprint density at radius 2 is 1.88 bits per heavy atom. The first kappa shape index (κ1) is 16.4. The van der Waals surface area contributed by atoms with E-state index in [0.717, 1.165) is 30.0 Å². The Morgan fingerprint density at radius 1 is 1.17 bits per heavy atom. The largest absolute Gasteiger partial charge is 0.477 e. The number of carbonyl (C=O) groups is 1. The Kier molecular flexibility index (Phi) is 4.47. The van der Waals surface area contributed by atoms with E-state index in [9.17, 15) is 13.6 Å². The summed E-state index contributed by atoms with van der Waals surface area (Å²) in [7, 11) is 0. The van der Waals surface area contributed by atoms with E-state index in [1.165, 1.54) is 5.56 Å². The molecule has 0 bridgehead atoms. The van der Waals surface area contributed by atoms with Crippen LogP contribution in [0.1, 0.15) is 52.4 Å². The summed E-state index contributed by atoms with van der Waals surface area (Å²) >= 11 is 0. The number of allylic oxidation sites excluding steroid dienone is 1. The van der Waals surface area contributed by atoms with E-state index < -0.39 is 23.2 Å². The van der Waals surface area contributed by atoms with Crippen molar-refractivity contribution in [2.45, 2.75) is 32.6 Å². The normalized spacial score (nSPS) is 13.4. The van der Waals surface area contributed by atoms with Crippen LogP contribution in [-0.2, 0) is 12.8 Å². The molecule has 0 fully saturated rings. The quantitative estimate of drug-likeness (QED) is 0.847. The standard InChI is InChI=1S/C20H18F2O2/c1-2-3-12-4-6-13(7-5-12)14-8-9-16-15(10-14)11-17(21)18(19(16)22)20(23)24/h4-7,10-11H,2-3,8-9H2,1H3,(H,23,24). The lowest BCUT2D eigenvalue weighted by molar-refractivity contribution is 0.0686. The van der Waals surface area contributed by atoms with Gasteiger partial charge in [-0.2, -0.15) is 0 Å². The fourth-order valence-corrected chi connectivity index (χ4v) is 3.18. The highest BCUT2D eigenvalue weighted by molar-refractivity contribution is 5.91. The molecular weight excluding hydrogens is 310 g/mol. The van der Waals surface area contributed by atoms with E-state index in [2.05, 4.69) is 19.1 Å². The van der Waals surface area contributed by atoms with Gasteiger partial charge in [0, 0.05) is 0 Å². The smallest absolute Gasteiger partial charge is 0.341 e. The zero-order valence-corrected chi connectivity index (χ0v) is 13.4. The first-order valence-electron chi connectivity index (χ1n) is 8.05. The van der Waals surface area contributed by atoms with Gasteiger partial charge in [0.1, 0.15) is 17.2 Å². The minimum Gasteiger partial charge on any atom is -0.477 e. The van der Waals surface area contributed by atoms with Crippen LogP contribution in [-0.4, -0.2) is 11.1 Å². The van der Waals surface area contributed by atoms with Crippen LogP contribution in [0.15, 0.2) is 30.3 Å². The fourth-order valence-electron chi connectivity index (χ4n) is 3.18. The first-order valence-corrected chi connectivity index (χ1v) is 8.05. The van der Waals surface area contributed by atoms with Gasteiger partial charge in [0.15, 0.2) is 0 Å². The maximum Gasteiger partial charge on any atom is 0.341 e. The van der Waals surface area contributed by atoms with Crippen molar-refractivity contribution in [3.8, 4) is 0 Å². The van der Waals surface area contributed by atoms with Crippen molar-refractivity contribution in [3.05, 3.63) is 69.8 Å². The van der Waals surface area contributed by atoms with Crippen molar-refractivity contribution in [1.29, 1.82) is 0 Å². The molecule has 0 heterocycles. The lowest BCUT2D eigenvalue weighted by Gasteiger charge is -2.19. The van der Waals surface area contributed by atoms with E-state index in [4.69, 9.17) is 5.11 Å². The molecule has 0 aromatic heterocycles. The molecule has 0 saturated carbocycles. The van der Waals surface area contributed by atoms with Gasteiger partial charge in [-0.15, -0.1) is 0 Å². The summed E-state index contributed by atoms with van der Waals surface area (Å²) in [5, 5.41) is 8.95. The van der Waals surface area contributed by atoms with Crippen LogP contribution in [0.5, 0.6) is 0 Å². The number of carboxylic acids is 1. The number of hydrogen-bond acceptors (Lipinski definition) is 1. The summed E-state index contributed by atoms with van der Waals surface area (Å²) in [5.41, 5.74) is 3.14. The van der Waals surface area contributed by atoms with Gasteiger partial charge in [-0.25, -0.2) is 13.6 Å². The third kappa shape index (κ3) is 2.96. The maximum absolute atomic E-state index is 14.3.